The van der Waals surface area contributed by atoms with Crippen LogP contribution in [0.5, 0.6) is 46.0 Å². The molecule has 0 aliphatic carbocycles. The molecular weight excluding hydrogens is 556 g/mol. The topological polar surface area (TPSA) is 208 Å². The third-order valence-electron chi connectivity index (χ3n) is 6.18. The summed E-state index contributed by atoms with van der Waals surface area (Å²) in [5.41, 5.74) is 1.65. The number of aromatic hydroxyl groups is 7. The van der Waals surface area contributed by atoms with Crippen LogP contribution in [0.4, 0.5) is 0 Å². The van der Waals surface area contributed by atoms with E-state index in [1.54, 1.807) is 6.07 Å². The number of hydrogen-bond donors (Lipinski definition) is 9. The highest BCUT2D eigenvalue weighted by atomic mass is 32.2. The molecule has 0 radical (unpaired) electrons. The lowest BCUT2D eigenvalue weighted by molar-refractivity contribution is 0.0174. The first-order chi connectivity index (χ1) is 19.5. The maximum atomic E-state index is 11.1. The van der Waals surface area contributed by atoms with Crippen LogP contribution in [0.2, 0.25) is 0 Å². The van der Waals surface area contributed by atoms with E-state index < -0.39 is 40.7 Å². The van der Waals surface area contributed by atoms with Crippen molar-refractivity contribution in [2.24, 2.45) is 0 Å². The average molecular weight is 583 g/mol. The van der Waals surface area contributed by atoms with Crippen molar-refractivity contribution in [1.82, 2.24) is 0 Å². The van der Waals surface area contributed by atoms with E-state index in [0.29, 0.717) is 16.9 Å². The first-order valence-corrected chi connectivity index (χ1v) is 13.1. The molecule has 0 amide bonds. The Labute approximate surface area is 237 Å². The number of benzene rings is 4. The Bertz CT molecular complexity index is 1540. The van der Waals surface area contributed by atoms with Gasteiger partial charge in [-0.3, -0.25) is 0 Å². The zero-order valence-electron chi connectivity index (χ0n) is 21.1. The Morgan fingerprint density at radius 1 is 0.756 bits per heavy atom. The summed E-state index contributed by atoms with van der Waals surface area (Å²) in [4.78, 5) is 10.3. The summed E-state index contributed by atoms with van der Waals surface area (Å²) in [6.07, 6.45) is -1.90. The number of hydrogen-bond acceptors (Lipinski definition) is 11. The molecule has 9 N–H and O–H groups in total. The monoisotopic (exact) mass is 582 g/mol. The fourth-order valence-corrected chi connectivity index (χ4v) is 5.48. The molecule has 0 saturated carbocycles. The number of phenols is 7. The van der Waals surface area contributed by atoms with Gasteiger partial charge in [0.1, 0.15) is 23.4 Å². The maximum Gasteiger partial charge on any atom is 0.335 e. The van der Waals surface area contributed by atoms with Gasteiger partial charge in [0, 0.05) is 17.9 Å². The van der Waals surface area contributed by atoms with Crippen molar-refractivity contribution in [3.63, 3.8) is 0 Å². The van der Waals surface area contributed by atoms with Gasteiger partial charge in [-0.25, -0.2) is 4.79 Å². The highest BCUT2D eigenvalue weighted by Crippen LogP contribution is 2.53. The Morgan fingerprint density at radius 2 is 1.41 bits per heavy atom. The number of aromatic carboxylic acids is 1. The number of ether oxygens (including phenoxy) is 1. The third-order valence-corrected chi connectivity index (χ3v) is 7.55. The molecule has 1 aliphatic rings. The van der Waals surface area contributed by atoms with Crippen LogP contribution in [0.1, 0.15) is 38.4 Å². The number of rotatable bonds is 5. The van der Waals surface area contributed by atoms with Crippen molar-refractivity contribution in [3.8, 4) is 46.0 Å². The molecule has 0 aromatic heterocycles. The van der Waals surface area contributed by atoms with Gasteiger partial charge < -0.3 is 50.7 Å². The van der Waals surface area contributed by atoms with Crippen LogP contribution >= 0.6 is 11.8 Å². The molecule has 4 aromatic carbocycles. The van der Waals surface area contributed by atoms with Crippen LogP contribution in [0.25, 0.3) is 0 Å². The Kier molecular flexibility index (Phi) is 8.55. The largest absolute Gasteiger partial charge is 0.508 e. The van der Waals surface area contributed by atoms with E-state index in [2.05, 4.69) is 0 Å². The summed E-state index contributed by atoms with van der Waals surface area (Å²) >= 11 is 1.44. The number of carbonyl (C=O) groups is 1. The van der Waals surface area contributed by atoms with Gasteiger partial charge in [-0.05, 0) is 35.4 Å². The van der Waals surface area contributed by atoms with Crippen molar-refractivity contribution in [2.75, 3.05) is 0 Å². The minimum Gasteiger partial charge on any atom is -0.508 e. The normalized spacial score (nSPS) is 17.4. The van der Waals surface area contributed by atoms with Crippen molar-refractivity contribution < 1.29 is 55.5 Å². The van der Waals surface area contributed by atoms with E-state index >= 15 is 0 Å². The van der Waals surface area contributed by atoms with Gasteiger partial charge in [0.05, 0.1) is 16.4 Å². The Balaban J connectivity index is 0.000000271. The van der Waals surface area contributed by atoms with E-state index in [-0.39, 0.29) is 34.3 Å². The van der Waals surface area contributed by atoms with Gasteiger partial charge in [-0.1, -0.05) is 36.4 Å². The zero-order valence-corrected chi connectivity index (χ0v) is 21.9. The Hall–Kier alpha value is -4.94. The van der Waals surface area contributed by atoms with Crippen LogP contribution < -0.4 is 4.74 Å². The molecule has 214 valence electrons. The highest BCUT2D eigenvalue weighted by molar-refractivity contribution is 7.98. The first-order valence-electron chi connectivity index (χ1n) is 12.0. The van der Waals surface area contributed by atoms with Gasteiger partial charge in [0.25, 0.3) is 0 Å². The van der Waals surface area contributed by atoms with Crippen LogP contribution in [0.15, 0.2) is 72.8 Å². The van der Waals surface area contributed by atoms with Gasteiger partial charge in [0.15, 0.2) is 34.9 Å². The molecule has 0 unspecified atom stereocenters. The molecule has 41 heavy (non-hydrogen) atoms. The second-order valence-corrected chi connectivity index (χ2v) is 10.2. The molecule has 4 aromatic rings. The van der Waals surface area contributed by atoms with E-state index in [1.807, 2.05) is 30.3 Å². The molecule has 0 saturated heterocycles. The predicted octanol–water partition coefficient (Wildman–Crippen LogP) is 4.48. The first kappa shape index (κ1) is 29.1. The molecular formula is C29H26O11S. The van der Waals surface area contributed by atoms with E-state index in [0.717, 1.165) is 17.7 Å². The van der Waals surface area contributed by atoms with E-state index in [4.69, 9.17) is 25.2 Å². The summed E-state index contributed by atoms with van der Waals surface area (Å²) < 4.78 is 5.89. The molecule has 0 spiro atoms. The van der Waals surface area contributed by atoms with Gasteiger partial charge in [0.2, 0.25) is 0 Å². The lowest BCUT2D eigenvalue weighted by atomic mass is 9.93. The fourth-order valence-electron chi connectivity index (χ4n) is 4.17. The smallest absolute Gasteiger partial charge is 0.335 e. The molecule has 11 nitrogen and oxygen atoms in total. The molecule has 5 rings (SSSR count). The van der Waals surface area contributed by atoms with Crippen LogP contribution in [-0.2, 0) is 5.75 Å². The summed E-state index contributed by atoms with van der Waals surface area (Å²) in [7, 11) is 0. The number of carboxylic acids is 1. The van der Waals surface area contributed by atoms with Gasteiger partial charge >= 0.3 is 5.97 Å². The molecule has 0 bridgehead atoms. The van der Waals surface area contributed by atoms with Crippen molar-refractivity contribution in [2.45, 2.75) is 23.2 Å². The zero-order chi connectivity index (χ0) is 29.8. The lowest BCUT2D eigenvalue weighted by Crippen LogP contribution is -2.33. The number of carboxylic acid groups (broad SMARTS) is 1. The van der Waals surface area contributed by atoms with Gasteiger partial charge in [-0.2, -0.15) is 0 Å². The number of thioether (sulfide) groups is 1. The van der Waals surface area contributed by atoms with Crippen molar-refractivity contribution >= 4 is 17.7 Å². The summed E-state index contributed by atoms with van der Waals surface area (Å²) in [6, 6.07) is 18.3. The second kappa shape index (κ2) is 12.1. The average Bonchev–Trinajstić information content (AvgIpc) is 2.93. The van der Waals surface area contributed by atoms with E-state index in [1.165, 1.54) is 36.0 Å². The number of aliphatic hydroxyl groups is 1. The maximum absolute atomic E-state index is 11.1. The molecule has 0 fully saturated rings. The minimum absolute atomic E-state index is 0.156. The third kappa shape index (κ3) is 6.45. The second-order valence-electron chi connectivity index (χ2n) is 9.04. The standard InChI is InChI=1S/C22H20O6S.C7H6O5/c23-14-9-17(26)19-18(10-14)28-21(13-6-7-15(24)16(25)8-13)20(27)22(19)29-11-12-4-2-1-3-5-12;8-4-1-3(7(11)12)2-5(9)6(4)10/h1-10,20-27H,11H2;1-2,8-10H,(H,11,12)/t20-,21+,22-;/m0./s1. The summed E-state index contributed by atoms with van der Waals surface area (Å²) in [6.45, 7) is 0. The summed E-state index contributed by atoms with van der Waals surface area (Å²) in [5.74, 6) is -3.39. The van der Waals surface area contributed by atoms with Gasteiger partial charge in [-0.15, -0.1) is 11.8 Å². The SMILES string of the molecule is O=C(O)c1cc(O)c(O)c(O)c1.Oc1cc(O)c2c(c1)O[C@H](c1ccc(O)c(O)c1)[C@H](O)[C@H]2SCc1ccccc1. The number of fused-ring (bicyclic) bond motifs is 1. The Morgan fingerprint density at radius 3 is 2.02 bits per heavy atom. The molecule has 1 aliphatic heterocycles. The number of aliphatic hydroxyl groups excluding tert-OH is 1. The van der Waals surface area contributed by atoms with Crippen LogP contribution in [-0.4, -0.2) is 58.0 Å². The quantitative estimate of drug-likeness (QED) is 0.149. The van der Waals surface area contributed by atoms with Crippen molar-refractivity contribution in [3.05, 3.63) is 95.1 Å². The minimum atomic E-state index is -1.29. The number of phenolic OH excluding ortho intramolecular Hbond substituents is 7. The predicted molar refractivity (Wildman–Crippen MR) is 148 cm³/mol. The van der Waals surface area contributed by atoms with Crippen molar-refractivity contribution in [1.29, 1.82) is 0 Å². The molecule has 12 heteroatoms. The fraction of sp³-hybridized carbons (Fsp3) is 0.138. The highest BCUT2D eigenvalue weighted by Gasteiger charge is 2.40. The van der Waals surface area contributed by atoms with Crippen LogP contribution in [0.3, 0.4) is 0 Å². The van der Waals surface area contributed by atoms with E-state index in [9.17, 15) is 30.3 Å². The van der Waals surface area contributed by atoms with Crippen LogP contribution in [0, 0.1) is 0 Å². The molecule has 3 atom stereocenters. The summed E-state index contributed by atoms with van der Waals surface area (Å²) in [5, 5.41) is 85.2. The lowest BCUT2D eigenvalue weighted by Gasteiger charge is -2.37. The molecule has 1 heterocycles.